The van der Waals surface area contributed by atoms with Gasteiger partial charge in [0.2, 0.25) is 0 Å². The van der Waals surface area contributed by atoms with Gasteiger partial charge in [-0.15, -0.1) is 0 Å². The lowest BCUT2D eigenvalue weighted by Crippen LogP contribution is -2.32. The van der Waals surface area contributed by atoms with Crippen molar-refractivity contribution in [3.63, 3.8) is 0 Å². The second-order valence-electron chi connectivity index (χ2n) is 7.58. The van der Waals surface area contributed by atoms with Crippen molar-refractivity contribution in [2.75, 3.05) is 31.6 Å². The van der Waals surface area contributed by atoms with Crippen LogP contribution in [0.1, 0.15) is 52.5 Å². The standard InChI is InChI=1S/C23H27N3O5/c1-3-31-23(28)19-13-18(14-20(15-19)26(29)30)22(27)24(2)16-17-9-5-6-10-21(17)25-11-7-4-8-12-25/h5-6,9-10,13-15H,3-4,7-8,11-12,16H2,1-2H3. The number of ether oxygens (including phenoxy) is 1. The average Bonchev–Trinajstić information content (AvgIpc) is 2.79. The summed E-state index contributed by atoms with van der Waals surface area (Å²) >= 11 is 0. The van der Waals surface area contributed by atoms with Crippen molar-refractivity contribution in [3.8, 4) is 0 Å². The number of hydrogen-bond acceptors (Lipinski definition) is 6. The summed E-state index contributed by atoms with van der Waals surface area (Å²) in [7, 11) is 1.65. The van der Waals surface area contributed by atoms with Crippen molar-refractivity contribution in [1.29, 1.82) is 0 Å². The fraction of sp³-hybridized carbons (Fsp3) is 0.391. The molecule has 1 fully saturated rings. The predicted molar refractivity (Wildman–Crippen MR) is 117 cm³/mol. The molecule has 0 atom stereocenters. The van der Waals surface area contributed by atoms with E-state index >= 15 is 0 Å². The van der Waals surface area contributed by atoms with Crippen LogP contribution in [0.2, 0.25) is 0 Å². The van der Waals surface area contributed by atoms with Gasteiger partial charge in [-0.3, -0.25) is 14.9 Å². The van der Waals surface area contributed by atoms with Gasteiger partial charge in [0.05, 0.1) is 17.1 Å². The molecule has 0 spiro atoms. The van der Waals surface area contributed by atoms with Crippen molar-refractivity contribution >= 4 is 23.3 Å². The van der Waals surface area contributed by atoms with Crippen LogP contribution in [0.15, 0.2) is 42.5 Å². The minimum atomic E-state index is -0.696. The van der Waals surface area contributed by atoms with E-state index in [1.807, 2.05) is 18.2 Å². The Morgan fingerprint density at radius 1 is 1.10 bits per heavy atom. The van der Waals surface area contributed by atoms with Crippen LogP contribution in [-0.4, -0.2) is 48.4 Å². The molecule has 0 unspecified atom stereocenters. The molecule has 1 aliphatic rings. The van der Waals surface area contributed by atoms with E-state index in [0.717, 1.165) is 43.2 Å². The zero-order valence-corrected chi connectivity index (χ0v) is 17.9. The molecule has 2 aromatic rings. The van der Waals surface area contributed by atoms with Crippen LogP contribution in [0.4, 0.5) is 11.4 Å². The zero-order chi connectivity index (χ0) is 22.4. The Hall–Kier alpha value is -3.42. The Morgan fingerprint density at radius 2 is 1.77 bits per heavy atom. The molecule has 164 valence electrons. The van der Waals surface area contributed by atoms with E-state index in [-0.39, 0.29) is 23.4 Å². The number of carbonyl (C=O) groups excluding carboxylic acids is 2. The third-order valence-electron chi connectivity index (χ3n) is 5.33. The highest BCUT2D eigenvalue weighted by Crippen LogP contribution is 2.26. The van der Waals surface area contributed by atoms with Crippen LogP contribution in [0.25, 0.3) is 0 Å². The number of anilines is 1. The average molecular weight is 425 g/mol. The first-order valence-corrected chi connectivity index (χ1v) is 10.5. The Bertz CT molecular complexity index is 969. The molecule has 2 aromatic carbocycles. The number of para-hydroxylation sites is 1. The third kappa shape index (κ3) is 5.39. The van der Waals surface area contributed by atoms with E-state index in [4.69, 9.17) is 4.74 Å². The number of nitrogens with zero attached hydrogens (tertiary/aromatic N) is 3. The first kappa shape index (κ1) is 22.3. The monoisotopic (exact) mass is 425 g/mol. The summed E-state index contributed by atoms with van der Waals surface area (Å²) in [6.07, 6.45) is 3.52. The van der Waals surface area contributed by atoms with Gasteiger partial charge in [0, 0.05) is 50.1 Å². The van der Waals surface area contributed by atoms with Gasteiger partial charge >= 0.3 is 5.97 Å². The molecule has 31 heavy (non-hydrogen) atoms. The van der Waals surface area contributed by atoms with Crippen LogP contribution in [0.5, 0.6) is 0 Å². The number of piperidine rings is 1. The molecule has 0 N–H and O–H groups in total. The highest BCUT2D eigenvalue weighted by atomic mass is 16.6. The fourth-order valence-corrected chi connectivity index (χ4v) is 3.81. The van der Waals surface area contributed by atoms with Gasteiger partial charge in [0.15, 0.2) is 0 Å². The van der Waals surface area contributed by atoms with Crippen molar-refractivity contribution < 1.29 is 19.2 Å². The molecular weight excluding hydrogens is 398 g/mol. The summed E-state index contributed by atoms with van der Waals surface area (Å²) in [6.45, 7) is 4.11. The van der Waals surface area contributed by atoms with E-state index in [1.165, 1.54) is 23.5 Å². The van der Waals surface area contributed by atoms with Gasteiger partial charge in [-0.2, -0.15) is 0 Å². The van der Waals surface area contributed by atoms with Crippen LogP contribution in [-0.2, 0) is 11.3 Å². The fourth-order valence-electron chi connectivity index (χ4n) is 3.81. The topological polar surface area (TPSA) is 93.0 Å². The van der Waals surface area contributed by atoms with Crippen LogP contribution in [0.3, 0.4) is 0 Å². The molecule has 1 amide bonds. The molecule has 0 bridgehead atoms. The van der Waals surface area contributed by atoms with Crippen LogP contribution >= 0.6 is 0 Å². The van der Waals surface area contributed by atoms with Gasteiger partial charge in [0.25, 0.3) is 11.6 Å². The minimum Gasteiger partial charge on any atom is -0.462 e. The zero-order valence-electron chi connectivity index (χ0n) is 17.9. The van der Waals surface area contributed by atoms with Crippen LogP contribution < -0.4 is 4.90 Å². The number of non-ortho nitro benzene ring substituents is 1. The maximum Gasteiger partial charge on any atom is 0.338 e. The minimum absolute atomic E-state index is 0.0125. The Labute approximate surface area is 181 Å². The molecule has 1 aliphatic heterocycles. The Kier molecular flexibility index (Phi) is 7.23. The SMILES string of the molecule is CCOC(=O)c1cc(C(=O)N(C)Cc2ccccc2N2CCCCC2)cc([N+](=O)[O-])c1. The van der Waals surface area contributed by atoms with Gasteiger partial charge in [0.1, 0.15) is 0 Å². The van der Waals surface area contributed by atoms with Gasteiger partial charge in [-0.1, -0.05) is 18.2 Å². The summed E-state index contributed by atoms with van der Waals surface area (Å²) in [5.41, 5.74) is 1.86. The number of nitro benzene ring substituents is 1. The van der Waals surface area contributed by atoms with Crippen LogP contribution in [0, 0.1) is 10.1 Å². The van der Waals surface area contributed by atoms with E-state index in [0.29, 0.717) is 6.54 Å². The summed E-state index contributed by atoms with van der Waals surface area (Å²) in [4.78, 5) is 39.7. The first-order valence-electron chi connectivity index (χ1n) is 10.5. The molecule has 8 heteroatoms. The van der Waals surface area contributed by atoms with Crippen molar-refractivity contribution in [1.82, 2.24) is 4.90 Å². The summed E-state index contributed by atoms with van der Waals surface area (Å²) in [5.74, 6) is -1.10. The summed E-state index contributed by atoms with van der Waals surface area (Å²) in [6, 6.07) is 11.6. The molecule has 1 heterocycles. The summed E-state index contributed by atoms with van der Waals surface area (Å²) < 4.78 is 4.94. The molecule has 0 saturated carbocycles. The molecular formula is C23H27N3O5. The number of carbonyl (C=O) groups is 2. The van der Waals surface area contributed by atoms with Crippen molar-refractivity contribution in [2.24, 2.45) is 0 Å². The van der Waals surface area contributed by atoms with Gasteiger partial charge in [-0.25, -0.2) is 4.79 Å². The Morgan fingerprint density at radius 3 is 2.45 bits per heavy atom. The number of amides is 1. The number of benzene rings is 2. The summed E-state index contributed by atoms with van der Waals surface area (Å²) in [5, 5.41) is 11.3. The predicted octanol–water partition coefficient (Wildman–Crippen LogP) is 4.03. The highest BCUT2D eigenvalue weighted by molar-refractivity contribution is 5.99. The third-order valence-corrected chi connectivity index (χ3v) is 5.33. The quantitative estimate of drug-likeness (QED) is 0.378. The lowest BCUT2D eigenvalue weighted by Gasteiger charge is -2.31. The molecule has 0 aromatic heterocycles. The van der Waals surface area contributed by atoms with E-state index in [9.17, 15) is 19.7 Å². The second-order valence-corrected chi connectivity index (χ2v) is 7.58. The van der Waals surface area contributed by atoms with Crippen molar-refractivity contribution in [3.05, 3.63) is 69.3 Å². The largest absolute Gasteiger partial charge is 0.462 e. The van der Waals surface area contributed by atoms with Gasteiger partial charge in [-0.05, 0) is 43.9 Å². The van der Waals surface area contributed by atoms with Crippen molar-refractivity contribution in [2.45, 2.75) is 32.7 Å². The molecule has 3 rings (SSSR count). The second kappa shape index (κ2) is 10.1. The van der Waals surface area contributed by atoms with E-state index < -0.39 is 16.8 Å². The normalized spacial score (nSPS) is 13.5. The lowest BCUT2D eigenvalue weighted by molar-refractivity contribution is -0.384. The first-order chi connectivity index (χ1) is 14.9. The smallest absolute Gasteiger partial charge is 0.338 e. The number of hydrogen-bond donors (Lipinski definition) is 0. The Balaban J connectivity index is 1.85. The number of nitro groups is 1. The molecule has 0 aliphatic carbocycles. The molecule has 1 saturated heterocycles. The van der Waals surface area contributed by atoms with Gasteiger partial charge < -0.3 is 14.5 Å². The maximum absolute atomic E-state index is 13.1. The molecule has 0 radical (unpaired) electrons. The number of rotatable bonds is 7. The number of esters is 1. The maximum atomic E-state index is 13.1. The highest BCUT2D eigenvalue weighted by Gasteiger charge is 2.22. The lowest BCUT2D eigenvalue weighted by atomic mass is 10.1. The van der Waals surface area contributed by atoms with E-state index in [1.54, 1.807) is 14.0 Å². The van der Waals surface area contributed by atoms with E-state index in [2.05, 4.69) is 11.0 Å². The molecule has 8 nitrogen and oxygen atoms in total.